The number of nitrogens with zero attached hydrogens (tertiary/aromatic N) is 2. The summed E-state index contributed by atoms with van der Waals surface area (Å²) in [7, 11) is 1.69. The Labute approximate surface area is 138 Å². The Morgan fingerprint density at radius 3 is 2.85 bits per heavy atom. The zero-order valence-electron chi connectivity index (χ0n) is 12.5. The molecule has 0 radical (unpaired) electrons. The molecule has 0 aliphatic heterocycles. The molecule has 0 fully saturated rings. The lowest BCUT2D eigenvalue weighted by atomic mass is 10.1. The van der Waals surface area contributed by atoms with Gasteiger partial charge >= 0.3 is 0 Å². The molecule has 1 aromatic heterocycles. The molecule has 0 spiro atoms. The van der Waals surface area contributed by atoms with Gasteiger partial charge in [0.2, 0.25) is 0 Å². The van der Waals surface area contributed by atoms with Crippen molar-refractivity contribution in [2.24, 2.45) is 4.99 Å². The first-order valence-corrected chi connectivity index (χ1v) is 6.78. The molecule has 6 nitrogen and oxygen atoms in total. The van der Waals surface area contributed by atoms with Crippen LogP contribution in [0, 0.1) is 6.92 Å². The summed E-state index contributed by atoms with van der Waals surface area (Å²) in [6.45, 7) is 7.21. The number of hydrogen-bond donors (Lipinski definition) is 3. The number of rotatable bonds is 8. The molecule has 1 heterocycles. The number of ether oxygens (including phenoxy) is 1. The fourth-order valence-corrected chi connectivity index (χ4v) is 1.70. The molecule has 1 rings (SSSR count). The maximum atomic E-state index is 5.00. The molecule has 116 valence electrons. The minimum Gasteiger partial charge on any atom is -0.383 e. The monoisotopic (exact) mass is 395 g/mol. The molecule has 0 saturated carbocycles. The van der Waals surface area contributed by atoms with E-state index < -0.39 is 0 Å². The van der Waals surface area contributed by atoms with E-state index in [1.807, 2.05) is 13.1 Å². The number of aliphatic imine (C=N–C) groups is 1. The number of H-pyrrole nitrogens is 1. The van der Waals surface area contributed by atoms with Crippen molar-refractivity contribution in [2.45, 2.75) is 26.7 Å². The SMILES string of the molecule is CCNC(=NCCCc1cn[nH]c1C)NCCOC.I. The second-order valence-corrected chi connectivity index (χ2v) is 4.30. The molecule has 0 amide bonds. The Balaban J connectivity index is 0.00000361. The molecule has 1 aromatic rings. The highest BCUT2D eigenvalue weighted by atomic mass is 127. The van der Waals surface area contributed by atoms with E-state index >= 15 is 0 Å². The van der Waals surface area contributed by atoms with Gasteiger partial charge in [-0.15, -0.1) is 24.0 Å². The fraction of sp³-hybridized carbons (Fsp3) is 0.692. The standard InChI is InChI=1S/C13H25N5O.HI/c1-4-14-13(16-8-9-19-3)15-7-5-6-12-10-17-18-11(12)2;/h10H,4-9H2,1-3H3,(H,17,18)(H2,14,15,16);1H. The van der Waals surface area contributed by atoms with Crippen molar-refractivity contribution in [3.8, 4) is 0 Å². The lowest BCUT2D eigenvalue weighted by Gasteiger charge is -2.10. The number of hydrogen-bond acceptors (Lipinski definition) is 3. The zero-order chi connectivity index (χ0) is 13.9. The number of halogens is 1. The van der Waals surface area contributed by atoms with Crippen LogP contribution in [0.15, 0.2) is 11.2 Å². The average Bonchev–Trinajstić information content (AvgIpc) is 2.80. The second-order valence-electron chi connectivity index (χ2n) is 4.30. The maximum Gasteiger partial charge on any atom is 0.191 e. The van der Waals surface area contributed by atoms with Gasteiger partial charge in [0, 0.05) is 32.4 Å². The van der Waals surface area contributed by atoms with Crippen molar-refractivity contribution in [2.75, 3.05) is 33.4 Å². The molecule has 20 heavy (non-hydrogen) atoms. The van der Waals surface area contributed by atoms with Crippen LogP contribution >= 0.6 is 24.0 Å². The van der Waals surface area contributed by atoms with Crippen LogP contribution in [-0.4, -0.2) is 49.5 Å². The first kappa shape index (κ1) is 19.2. The normalized spacial score (nSPS) is 11.1. The van der Waals surface area contributed by atoms with Gasteiger partial charge in [-0.3, -0.25) is 10.1 Å². The molecule has 0 unspecified atom stereocenters. The summed E-state index contributed by atoms with van der Waals surface area (Å²) in [6.07, 6.45) is 3.91. The first-order valence-electron chi connectivity index (χ1n) is 6.78. The summed E-state index contributed by atoms with van der Waals surface area (Å²) < 4.78 is 5.00. The Kier molecular flexibility index (Phi) is 11.5. The van der Waals surface area contributed by atoms with Crippen molar-refractivity contribution >= 4 is 29.9 Å². The number of nitrogens with one attached hydrogen (secondary N) is 3. The lowest BCUT2D eigenvalue weighted by Crippen LogP contribution is -2.39. The van der Waals surface area contributed by atoms with E-state index in [9.17, 15) is 0 Å². The van der Waals surface area contributed by atoms with Gasteiger partial charge in [0.25, 0.3) is 0 Å². The van der Waals surface area contributed by atoms with Crippen LogP contribution in [0.1, 0.15) is 24.6 Å². The van der Waals surface area contributed by atoms with Gasteiger partial charge in [-0.05, 0) is 32.3 Å². The number of guanidine groups is 1. The Morgan fingerprint density at radius 2 is 2.25 bits per heavy atom. The Bertz CT molecular complexity index is 381. The molecular formula is C13H26IN5O. The van der Waals surface area contributed by atoms with Crippen molar-refractivity contribution < 1.29 is 4.74 Å². The molecular weight excluding hydrogens is 369 g/mol. The van der Waals surface area contributed by atoms with Gasteiger partial charge in [-0.2, -0.15) is 5.10 Å². The minimum atomic E-state index is 0. The van der Waals surface area contributed by atoms with Gasteiger partial charge in [-0.25, -0.2) is 0 Å². The van der Waals surface area contributed by atoms with E-state index in [2.05, 4.69) is 32.7 Å². The predicted molar refractivity (Wildman–Crippen MR) is 92.9 cm³/mol. The predicted octanol–water partition coefficient (Wildman–Crippen LogP) is 1.47. The third kappa shape index (κ3) is 7.68. The largest absolute Gasteiger partial charge is 0.383 e. The average molecular weight is 395 g/mol. The van der Waals surface area contributed by atoms with Crippen molar-refractivity contribution in [1.29, 1.82) is 0 Å². The highest BCUT2D eigenvalue weighted by Gasteiger charge is 2.00. The van der Waals surface area contributed by atoms with Crippen LogP contribution in [-0.2, 0) is 11.2 Å². The highest BCUT2D eigenvalue weighted by molar-refractivity contribution is 14.0. The third-order valence-electron chi connectivity index (χ3n) is 2.75. The number of aryl methyl sites for hydroxylation is 2. The van der Waals surface area contributed by atoms with Gasteiger partial charge in [0.05, 0.1) is 12.8 Å². The fourth-order valence-electron chi connectivity index (χ4n) is 1.70. The molecule has 7 heteroatoms. The maximum absolute atomic E-state index is 5.00. The molecule has 0 atom stereocenters. The van der Waals surface area contributed by atoms with Crippen LogP contribution in [0.5, 0.6) is 0 Å². The van der Waals surface area contributed by atoms with E-state index in [1.165, 1.54) is 5.56 Å². The highest BCUT2D eigenvalue weighted by Crippen LogP contribution is 2.05. The van der Waals surface area contributed by atoms with Crippen LogP contribution < -0.4 is 10.6 Å². The number of methoxy groups -OCH3 is 1. The zero-order valence-corrected chi connectivity index (χ0v) is 14.9. The van der Waals surface area contributed by atoms with E-state index in [-0.39, 0.29) is 24.0 Å². The number of aromatic nitrogens is 2. The smallest absolute Gasteiger partial charge is 0.191 e. The summed E-state index contributed by atoms with van der Waals surface area (Å²) in [4.78, 5) is 4.52. The van der Waals surface area contributed by atoms with E-state index in [4.69, 9.17) is 4.74 Å². The minimum absolute atomic E-state index is 0. The molecule has 0 aromatic carbocycles. The van der Waals surface area contributed by atoms with Gasteiger partial charge in [0.15, 0.2) is 5.96 Å². The summed E-state index contributed by atoms with van der Waals surface area (Å²) in [5.41, 5.74) is 2.42. The molecule has 0 aliphatic rings. The van der Waals surface area contributed by atoms with Crippen LogP contribution in [0.2, 0.25) is 0 Å². The summed E-state index contributed by atoms with van der Waals surface area (Å²) in [5, 5.41) is 13.4. The summed E-state index contributed by atoms with van der Waals surface area (Å²) >= 11 is 0. The molecule has 0 saturated heterocycles. The van der Waals surface area contributed by atoms with Crippen LogP contribution in [0.4, 0.5) is 0 Å². The van der Waals surface area contributed by atoms with Crippen molar-refractivity contribution in [1.82, 2.24) is 20.8 Å². The number of aromatic amines is 1. The van der Waals surface area contributed by atoms with Gasteiger partial charge < -0.3 is 15.4 Å². The summed E-state index contributed by atoms with van der Waals surface area (Å²) in [5.74, 6) is 0.850. The quantitative estimate of drug-likeness (QED) is 0.270. The third-order valence-corrected chi connectivity index (χ3v) is 2.75. The van der Waals surface area contributed by atoms with E-state index in [0.717, 1.165) is 44.1 Å². The first-order chi connectivity index (χ1) is 9.27. The van der Waals surface area contributed by atoms with Crippen molar-refractivity contribution in [3.63, 3.8) is 0 Å². The van der Waals surface area contributed by atoms with Crippen LogP contribution in [0.25, 0.3) is 0 Å². The van der Waals surface area contributed by atoms with Crippen molar-refractivity contribution in [3.05, 3.63) is 17.5 Å². The Hall–Kier alpha value is -0.830. The Morgan fingerprint density at radius 1 is 1.45 bits per heavy atom. The molecule has 3 N–H and O–H groups in total. The van der Waals surface area contributed by atoms with E-state index in [0.29, 0.717) is 6.61 Å². The topological polar surface area (TPSA) is 74.3 Å². The van der Waals surface area contributed by atoms with Gasteiger partial charge in [0.1, 0.15) is 0 Å². The second kappa shape index (κ2) is 12.0. The summed E-state index contributed by atoms with van der Waals surface area (Å²) in [6, 6.07) is 0. The van der Waals surface area contributed by atoms with Crippen LogP contribution in [0.3, 0.4) is 0 Å². The van der Waals surface area contributed by atoms with E-state index in [1.54, 1.807) is 7.11 Å². The van der Waals surface area contributed by atoms with Gasteiger partial charge in [-0.1, -0.05) is 0 Å². The lowest BCUT2D eigenvalue weighted by molar-refractivity contribution is 0.203. The molecule has 0 aliphatic carbocycles. The molecule has 0 bridgehead atoms.